The van der Waals surface area contributed by atoms with E-state index in [1.807, 2.05) is 0 Å². The van der Waals surface area contributed by atoms with Crippen LogP contribution in [-0.2, 0) is 19.4 Å². The van der Waals surface area contributed by atoms with Gasteiger partial charge in [0.15, 0.2) is 12.2 Å². The van der Waals surface area contributed by atoms with Crippen molar-refractivity contribution in [2.45, 2.75) is 33.2 Å². The molecule has 1 aliphatic heterocycles. The molecule has 158 valence electrons. The summed E-state index contributed by atoms with van der Waals surface area (Å²) >= 11 is -11.2. The van der Waals surface area contributed by atoms with E-state index in [2.05, 4.69) is 73.0 Å². The number of fused-ring (bicyclic) bond motifs is 5. The Bertz CT molecular complexity index is 1050. The van der Waals surface area contributed by atoms with Crippen LogP contribution in [0.25, 0.3) is 22.0 Å². The number of pyridine rings is 1. The first-order valence-electron chi connectivity index (χ1n) is 9.28. The van der Waals surface area contributed by atoms with Crippen LogP contribution in [0, 0.1) is 5.92 Å². The van der Waals surface area contributed by atoms with Gasteiger partial charge < -0.3 is 0 Å². The summed E-state index contributed by atoms with van der Waals surface area (Å²) in [5.41, 5.74) is 5.78. The number of hydrogen-bond donors (Lipinski definition) is 0. The van der Waals surface area contributed by atoms with Gasteiger partial charge in [0.05, 0.1) is 10.9 Å². The second kappa shape index (κ2) is 6.90. The Kier molecular flexibility index (Phi) is 5.22. The van der Waals surface area contributed by atoms with Crippen LogP contribution in [0.4, 0.5) is 16.9 Å². The van der Waals surface area contributed by atoms with Crippen molar-refractivity contribution in [3.05, 3.63) is 65.9 Å². The molecule has 0 bridgehead atoms. The summed E-state index contributed by atoms with van der Waals surface area (Å²) in [7, 11) is 0. The average Bonchev–Trinajstić information content (AvgIpc) is 2.58. The molecule has 1 aliphatic rings. The van der Waals surface area contributed by atoms with Gasteiger partial charge in [-0.05, 0) is 29.0 Å². The van der Waals surface area contributed by atoms with E-state index in [-0.39, 0.29) is 0 Å². The molecule has 8 heteroatoms. The molecule has 3 aromatic rings. The Labute approximate surface area is 167 Å². The first-order valence-corrected chi connectivity index (χ1v) is 15.1. The molecule has 1 aromatic heterocycles. The third kappa shape index (κ3) is 6.36. The van der Waals surface area contributed by atoms with E-state index < -0.39 is 19.5 Å². The van der Waals surface area contributed by atoms with Gasteiger partial charge >= 0.3 is 36.4 Å². The minimum absolute atomic E-state index is 0.676. The molecular formula is C21H22F6NSb. The summed E-state index contributed by atoms with van der Waals surface area (Å²) in [4.78, 5) is 0. The second-order valence-electron chi connectivity index (χ2n) is 7.69. The number of benzene rings is 2. The third-order valence-electron chi connectivity index (χ3n) is 4.65. The Morgan fingerprint density at radius 3 is 2.14 bits per heavy atom. The quantitative estimate of drug-likeness (QED) is 0.200. The topological polar surface area (TPSA) is 3.88 Å². The number of rotatable bonds is 2. The molecule has 0 fully saturated rings. The summed E-state index contributed by atoms with van der Waals surface area (Å²) in [6, 6.07) is 20.1. The number of aromatic nitrogens is 1. The molecule has 2 heterocycles. The zero-order valence-corrected chi connectivity index (χ0v) is 18.6. The van der Waals surface area contributed by atoms with E-state index in [0.717, 1.165) is 19.4 Å². The molecule has 0 atom stereocenters. The molecule has 0 radical (unpaired) electrons. The standard InChI is InChI=1S/C21H22N.6FH.Sb/c1-15(2)13-18-14-17-8-4-6-10-20(17)21-19-9-5-3-7-16(19)11-12-22(18)21;;;;;;;/h3-10,14-15H,11-13H2,1-2H3;6*1H;/q+1;;;;;;;+5/p-6. The summed E-state index contributed by atoms with van der Waals surface area (Å²) in [5.74, 6) is 0.676. The number of aryl methyl sites for hydroxylation is 1. The molecule has 2 aromatic carbocycles. The van der Waals surface area contributed by atoms with Gasteiger partial charge in [0.2, 0.25) is 5.69 Å². The normalized spacial score (nSPS) is 15.6. The van der Waals surface area contributed by atoms with Gasteiger partial charge in [-0.3, -0.25) is 0 Å². The van der Waals surface area contributed by atoms with Crippen LogP contribution in [0.1, 0.15) is 25.1 Å². The van der Waals surface area contributed by atoms with Gasteiger partial charge in [0, 0.05) is 18.9 Å². The van der Waals surface area contributed by atoms with Crippen molar-refractivity contribution in [3.8, 4) is 11.3 Å². The van der Waals surface area contributed by atoms with E-state index >= 15 is 0 Å². The van der Waals surface area contributed by atoms with Crippen LogP contribution < -0.4 is 4.57 Å². The van der Waals surface area contributed by atoms with Crippen molar-refractivity contribution in [2.75, 3.05) is 0 Å². The zero-order chi connectivity index (χ0) is 21.5. The second-order valence-corrected chi connectivity index (χ2v) is 13.2. The molecule has 29 heavy (non-hydrogen) atoms. The monoisotopic (exact) mass is 523 g/mol. The molecular weight excluding hydrogens is 502 g/mol. The van der Waals surface area contributed by atoms with Crippen molar-refractivity contribution < 1.29 is 21.4 Å². The van der Waals surface area contributed by atoms with Gasteiger partial charge in [-0.25, -0.2) is 0 Å². The molecule has 0 N–H and O–H groups in total. The van der Waals surface area contributed by atoms with Crippen LogP contribution in [0.15, 0.2) is 54.6 Å². The molecule has 0 amide bonds. The van der Waals surface area contributed by atoms with Crippen LogP contribution in [0.3, 0.4) is 0 Å². The van der Waals surface area contributed by atoms with Crippen molar-refractivity contribution in [1.29, 1.82) is 0 Å². The van der Waals surface area contributed by atoms with Crippen molar-refractivity contribution in [1.82, 2.24) is 0 Å². The Balaban J connectivity index is 0.000000298. The number of nitrogens with zero attached hydrogens (tertiary/aromatic N) is 1. The summed E-state index contributed by atoms with van der Waals surface area (Å²) in [5, 5.41) is 2.74. The Hall–Kier alpha value is -1.75. The zero-order valence-electron chi connectivity index (χ0n) is 16.1. The van der Waals surface area contributed by atoms with Gasteiger partial charge in [-0.1, -0.05) is 50.2 Å². The fraction of sp³-hybridized carbons (Fsp3) is 0.286. The molecule has 0 saturated heterocycles. The average molecular weight is 524 g/mol. The number of halogens is 6. The van der Waals surface area contributed by atoms with Crippen LogP contribution in [0.5, 0.6) is 0 Å². The molecule has 1 nitrogen and oxygen atoms in total. The molecule has 0 aliphatic carbocycles. The van der Waals surface area contributed by atoms with Crippen LogP contribution in [-0.4, -0.2) is 19.5 Å². The van der Waals surface area contributed by atoms with Gasteiger partial charge in [0.25, 0.3) is 0 Å². The summed E-state index contributed by atoms with van der Waals surface area (Å²) < 4.78 is 62.1. The van der Waals surface area contributed by atoms with E-state index in [9.17, 15) is 16.9 Å². The predicted octanol–water partition coefficient (Wildman–Crippen LogP) is 6.69. The van der Waals surface area contributed by atoms with E-state index in [1.54, 1.807) is 0 Å². The third-order valence-corrected chi connectivity index (χ3v) is 4.65. The fourth-order valence-electron chi connectivity index (χ4n) is 3.72. The molecule has 0 spiro atoms. The van der Waals surface area contributed by atoms with Crippen molar-refractivity contribution in [3.63, 3.8) is 0 Å². The maximum atomic E-state index is 9.93. The SMILES string of the molecule is CC(C)Cc1cc2ccccc2c2[n+]1CCc1ccccc1-2.[F][Sb-]([F])([F])([F])([F])[F]. The van der Waals surface area contributed by atoms with Gasteiger partial charge in [-0.2, -0.15) is 4.57 Å². The Morgan fingerprint density at radius 2 is 1.48 bits per heavy atom. The van der Waals surface area contributed by atoms with E-state index in [0.29, 0.717) is 5.92 Å². The van der Waals surface area contributed by atoms with Crippen LogP contribution >= 0.6 is 0 Å². The first-order chi connectivity index (χ1) is 13.2. The molecule has 0 saturated carbocycles. The van der Waals surface area contributed by atoms with Gasteiger partial charge in [-0.15, -0.1) is 0 Å². The number of hydrogen-bond acceptors (Lipinski definition) is 0. The minimum atomic E-state index is -11.2. The Morgan fingerprint density at radius 1 is 0.897 bits per heavy atom. The fourth-order valence-corrected chi connectivity index (χ4v) is 3.72. The van der Waals surface area contributed by atoms with Crippen molar-refractivity contribution in [2.24, 2.45) is 5.92 Å². The van der Waals surface area contributed by atoms with E-state index in [1.165, 1.54) is 33.3 Å². The van der Waals surface area contributed by atoms with E-state index in [4.69, 9.17) is 0 Å². The van der Waals surface area contributed by atoms with Crippen molar-refractivity contribution >= 4 is 30.2 Å². The molecule has 0 unspecified atom stereocenters. The maximum absolute atomic E-state index is 11.2. The van der Waals surface area contributed by atoms with Gasteiger partial charge in [0.1, 0.15) is 0 Å². The molecule has 4 rings (SSSR count). The summed E-state index contributed by atoms with van der Waals surface area (Å²) in [6.45, 7) is 5.71. The predicted molar refractivity (Wildman–Crippen MR) is 104 cm³/mol. The van der Waals surface area contributed by atoms with Crippen LogP contribution in [0.2, 0.25) is 0 Å². The summed E-state index contributed by atoms with van der Waals surface area (Å²) in [6.07, 6.45) is 2.28. The first kappa shape index (κ1) is 21.9.